The molecule has 1 saturated carbocycles. The van der Waals surface area contributed by atoms with E-state index in [9.17, 15) is 9.59 Å². The van der Waals surface area contributed by atoms with E-state index in [2.05, 4.69) is 5.32 Å². The lowest BCUT2D eigenvalue weighted by molar-refractivity contribution is -0.115. The van der Waals surface area contributed by atoms with Gasteiger partial charge in [-0.2, -0.15) is 0 Å². The Kier molecular flexibility index (Phi) is 4.90. The fourth-order valence-corrected chi connectivity index (χ4v) is 2.37. The molecule has 1 aliphatic carbocycles. The first kappa shape index (κ1) is 13.5. The maximum atomic E-state index is 11.7. The van der Waals surface area contributed by atoms with Gasteiger partial charge in [0.1, 0.15) is 0 Å². The summed E-state index contributed by atoms with van der Waals surface area (Å²) in [6.45, 7) is 0. The minimum atomic E-state index is -0.348. The molecule has 2 rings (SSSR count). The van der Waals surface area contributed by atoms with Gasteiger partial charge in [0.2, 0.25) is 5.91 Å². The van der Waals surface area contributed by atoms with Crippen LogP contribution >= 0.6 is 0 Å². The number of carbonyl (C=O) groups excluding carboxylic acids is 2. The first-order valence-electron chi connectivity index (χ1n) is 6.84. The Morgan fingerprint density at radius 3 is 2.42 bits per heavy atom. The van der Waals surface area contributed by atoms with Crippen molar-refractivity contribution in [1.82, 2.24) is 5.32 Å². The van der Waals surface area contributed by atoms with Crippen molar-refractivity contribution in [3.63, 3.8) is 0 Å². The molecule has 0 atom stereocenters. The van der Waals surface area contributed by atoms with E-state index in [0.29, 0.717) is 11.5 Å². The van der Waals surface area contributed by atoms with Gasteiger partial charge in [-0.15, -0.1) is 0 Å². The quantitative estimate of drug-likeness (QED) is 0.846. The van der Waals surface area contributed by atoms with Crippen LogP contribution in [0.5, 0.6) is 0 Å². The molecular formula is C16H19NO2. The van der Waals surface area contributed by atoms with Gasteiger partial charge in [-0.05, 0) is 37.0 Å². The number of allylic oxidation sites excluding steroid dienone is 1. The molecule has 0 spiro atoms. The molecule has 0 heterocycles. The number of imide groups is 1. The molecule has 0 unspecified atom stereocenters. The van der Waals surface area contributed by atoms with Crippen LogP contribution in [0.4, 0.5) is 0 Å². The number of rotatable bonds is 3. The lowest BCUT2D eigenvalue weighted by Crippen LogP contribution is -2.28. The predicted octanol–water partition coefficient (Wildman–Crippen LogP) is 3.08. The highest BCUT2D eigenvalue weighted by molar-refractivity contribution is 6.07. The highest BCUT2D eigenvalue weighted by Crippen LogP contribution is 2.24. The summed E-state index contributed by atoms with van der Waals surface area (Å²) >= 11 is 0. The fraction of sp³-hybridized carbons (Fsp3) is 0.375. The Labute approximate surface area is 113 Å². The summed E-state index contributed by atoms with van der Waals surface area (Å²) in [5.41, 5.74) is 0.502. The number of benzene rings is 1. The van der Waals surface area contributed by atoms with E-state index in [1.807, 2.05) is 12.1 Å². The minimum Gasteiger partial charge on any atom is -0.289 e. The van der Waals surface area contributed by atoms with Crippen molar-refractivity contribution in [2.75, 3.05) is 0 Å². The molecule has 1 fully saturated rings. The van der Waals surface area contributed by atoms with E-state index in [-0.39, 0.29) is 11.8 Å². The standard InChI is InChI=1S/C16H19NO2/c18-15(12-11-13-7-3-1-4-8-13)17-16(19)14-9-5-2-6-10-14/h2,5-6,9-13H,1,3-4,7-8H2,(H,17,18,19)/b12-11+. The summed E-state index contributed by atoms with van der Waals surface area (Å²) in [6, 6.07) is 8.76. The van der Waals surface area contributed by atoms with E-state index < -0.39 is 0 Å². The van der Waals surface area contributed by atoms with E-state index in [0.717, 1.165) is 12.8 Å². The second-order valence-corrected chi connectivity index (χ2v) is 4.94. The molecule has 1 N–H and O–H groups in total. The molecule has 3 nitrogen and oxygen atoms in total. The second kappa shape index (κ2) is 6.88. The van der Waals surface area contributed by atoms with Gasteiger partial charge in [-0.25, -0.2) is 0 Å². The molecule has 0 aromatic heterocycles. The predicted molar refractivity (Wildman–Crippen MR) is 74.6 cm³/mol. The van der Waals surface area contributed by atoms with Crippen LogP contribution in [0.2, 0.25) is 0 Å². The maximum absolute atomic E-state index is 11.7. The molecule has 3 heteroatoms. The van der Waals surface area contributed by atoms with Crippen molar-refractivity contribution in [2.24, 2.45) is 5.92 Å². The summed E-state index contributed by atoms with van der Waals surface area (Å²) in [5.74, 6) is -0.190. The first-order chi connectivity index (χ1) is 9.25. The van der Waals surface area contributed by atoms with Gasteiger partial charge in [0.25, 0.3) is 5.91 Å². The third-order valence-electron chi connectivity index (χ3n) is 3.44. The number of carbonyl (C=O) groups is 2. The highest BCUT2D eigenvalue weighted by atomic mass is 16.2. The van der Waals surface area contributed by atoms with Crippen LogP contribution in [0.25, 0.3) is 0 Å². The third kappa shape index (κ3) is 4.36. The molecule has 1 aliphatic rings. The summed E-state index contributed by atoms with van der Waals surface area (Å²) < 4.78 is 0. The maximum Gasteiger partial charge on any atom is 0.258 e. The number of amides is 2. The van der Waals surface area contributed by atoms with Gasteiger partial charge in [-0.1, -0.05) is 43.5 Å². The van der Waals surface area contributed by atoms with Crippen LogP contribution in [-0.4, -0.2) is 11.8 Å². The molecule has 0 aliphatic heterocycles. The average Bonchev–Trinajstić information content (AvgIpc) is 2.47. The van der Waals surface area contributed by atoms with E-state index in [1.54, 1.807) is 24.3 Å². The molecule has 0 saturated heterocycles. The molecule has 0 radical (unpaired) electrons. The minimum absolute atomic E-state index is 0.334. The van der Waals surface area contributed by atoms with Gasteiger partial charge in [0.05, 0.1) is 0 Å². The molecular weight excluding hydrogens is 238 g/mol. The van der Waals surface area contributed by atoms with Crippen molar-refractivity contribution < 1.29 is 9.59 Å². The first-order valence-corrected chi connectivity index (χ1v) is 6.84. The van der Waals surface area contributed by atoms with Crippen LogP contribution in [0.1, 0.15) is 42.5 Å². The monoisotopic (exact) mass is 257 g/mol. The second-order valence-electron chi connectivity index (χ2n) is 4.94. The molecule has 1 aromatic rings. The topological polar surface area (TPSA) is 46.2 Å². The van der Waals surface area contributed by atoms with Crippen LogP contribution < -0.4 is 5.32 Å². The number of hydrogen-bond acceptors (Lipinski definition) is 2. The van der Waals surface area contributed by atoms with E-state index in [1.165, 1.54) is 25.3 Å². The summed E-state index contributed by atoms with van der Waals surface area (Å²) in [5, 5.41) is 2.37. The molecule has 1 aromatic carbocycles. The molecule has 0 bridgehead atoms. The van der Waals surface area contributed by atoms with Gasteiger partial charge < -0.3 is 0 Å². The smallest absolute Gasteiger partial charge is 0.258 e. The molecule has 100 valence electrons. The summed E-state index contributed by atoms with van der Waals surface area (Å²) in [6.07, 6.45) is 9.50. The lowest BCUT2D eigenvalue weighted by atomic mass is 9.89. The molecule has 19 heavy (non-hydrogen) atoms. The number of hydrogen-bond donors (Lipinski definition) is 1. The lowest BCUT2D eigenvalue weighted by Gasteiger charge is -2.17. The largest absolute Gasteiger partial charge is 0.289 e. The van der Waals surface area contributed by atoms with Crippen molar-refractivity contribution >= 4 is 11.8 Å². The van der Waals surface area contributed by atoms with Gasteiger partial charge in [0.15, 0.2) is 0 Å². The third-order valence-corrected chi connectivity index (χ3v) is 3.44. The van der Waals surface area contributed by atoms with Gasteiger partial charge in [0, 0.05) is 5.56 Å². The van der Waals surface area contributed by atoms with Crippen molar-refractivity contribution in [3.8, 4) is 0 Å². The summed E-state index contributed by atoms with van der Waals surface area (Å²) in [4.78, 5) is 23.4. The van der Waals surface area contributed by atoms with Crippen molar-refractivity contribution in [2.45, 2.75) is 32.1 Å². The van der Waals surface area contributed by atoms with Gasteiger partial charge in [-0.3, -0.25) is 14.9 Å². The van der Waals surface area contributed by atoms with E-state index in [4.69, 9.17) is 0 Å². The molecule has 2 amide bonds. The zero-order valence-electron chi connectivity index (χ0n) is 11.0. The Bertz CT molecular complexity index is 459. The van der Waals surface area contributed by atoms with Gasteiger partial charge >= 0.3 is 0 Å². The Morgan fingerprint density at radius 2 is 1.74 bits per heavy atom. The SMILES string of the molecule is O=C(/C=C/C1CCCCC1)NC(=O)c1ccccc1. The fourth-order valence-electron chi connectivity index (χ4n) is 2.37. The van der Waals surface area contributed by atoms with Crippen LogP contribution in [0, 0.1) is 5.92 Å². The van der Waals surface area contributed by atoms with E-state index >= 15 is 0 Å². The van der Waals surface area contributed by atoms with Crippen LogP contribution in [0.3, 0.4) is 0 Å². The van der Waals surface area contributed by atoms with Crippen molar-refractivity contribution in [3.05, 3.63) is 48.0 Å². The normalized spacial score (nSPS) is 16.4. The Balaban J connectivity index is 1.84. The van der Waals surface area contributed by atoms with Crippen molar-refractivity contribution in [1.29, 1.82) is 0 Å². The summed E-state index contributed by atoms with van der Waals surface area (Å²) in [7, 11) is 0. The Morgan fingerprint density at radius 1 is 1.05 bits per heavy atom. The zero-order chi connectivity index (χ0) is 13.5. The zero-order valence-corrected chi connectivity index (χ0v) is 11.0. The van der Waals surface area contributed by atoms with Crippen LogP contribution in [-0.2, 0) is 4.79 Å². The highest BCUT2D eigenvalue weighted by Gasteiger charge is 2.11. The number of nitrogens with one attached hydrogen (secondary N) is 1. The Hall–Kier alpha value is -1.90. The average molecular weight is 257 g/mol. The van der Waals surface area contributed by atoms with Crippen LogP contribution in [0.15, 0.2) is 42.5 Å².